The van der Waals surface area contributed by atoms with Crippen molar-refractivity contribution in [2.24, 2.45) is 16.2 Å². The first-order valence-electron chi connectivity index (χ1n) is 44.5. The summed E-state index contributed by atoms with van der Waals surface area (Å²) in [5.41, 5.74) is 16.7. The zero-order valence-corrected chi connectivity index (χ0v) is 74.1. The van der Waals surface area contributed by atoms with Gasteiger partial charge >= 0.3 is 0 Å². The maximum atomic E-state index is 11.3. The van der Waals surface area contributed by atoms with Gasteiger partial charge in [-0.15, -0.1) is 12.4 Å². The molecule has 31 nitrogen and oxygen atoms in total. The topological polar surface area (TPSA) is 340 Å². The van der Waals surface area contributed by atoms with E-state index in [1.807, 2.05) is 55.2 Å². The van der Waals surface area contributed by atoms with Gasteiger partial charge in [0.1, 0.15) is 16.6 Å². The van der Waals surface area contributed by atoms with Crippen molar-refractivity contribution in [2.75, 3.05) is 200 Å². The lowest BCUT2D eigenvalue weighted by Gasteiger charge is -2.39. The number of H-pyrrole nitrogens is 3. The van der Waals surface area contributed by atoms with E-state index < -0.39 is 10.1 Å². The van der Waals surface area contributed by atoms with E-state index in [4.69, 9.17) is 71.9 Å². The maximum Gasteiger partial charge on any atom is 0.261 e. The van der Waals surface area contributed by atoms with E-state index in [2.05, 4.69) is 146 Å². The second-order valence-corrected chi connectivity index (χ2v) is 37.6. The first-order chi connectivity index (χ1) is 61.4. The quantitative estimate of drug-likeness (QED) is 0.0593. The Kier molecular flexibility index (Phi) is 26.8. The Morgan fingerprint density at radius 1 is 0.426 bits per heavy atom. The summed E-state index contributed by atoms with van der Waals surface area (Å²) in [6, 6.07) is 30.9. The van der Waals surface area contributed by atoms with E-state index in [-0.39, 0.29) is 28.7 Å². The lowest BCUT2D eigenvalue weighted by atomic mass is 9.78. The van der Waals surface area contributed by atoms with E-state index in [1.165, 1.54) is 127 Å². The van der Waals surface area contributed by atoms with E-state index >= 15 is 0 Å². The van der Waals surface area contributed by atoms with Crippen molar-refractivity contribution in [1.29, 1.82) is 0 Å². The average molecular weight is 1800 g/mol. The number of fused-ring (bicyclic) bond motifs is 12. The van der Waals surface area contributed by atoms with Crippen LogP contribution in [0.25, 0.3) is 133 Å². The number of likely N-dealkylation sites (tertiary alicyclic amines) is 5. The molecule has 0 radical (unpaired) electrons. The van der Waals surface area contributed by atoms with Gasteiger partial charge in [0, 0.05) is 166 Å². The number of aromatic nitrogens is 12. The van der Waals surface area contributed by atoms with Crippen LogP contribution in [-0.2, 0) is 37.4 Å². The van der Waals surface area contributed by atoms with Crippen molar-refractivity contribution < 1.29 is 46.7 Å². The van der Waals surface area contributed by atoms with Crippen LogP contribution in [0.3, 0.4) is 0 Å². The molecular formula is C96H120ClN21O10S. The number of halogens is 1. The number of aldehydes is 1. The predicted octanol–water partition coefficient (Wildman–Crippen LogP) is 15.1. The first kappa shape index (κ1) is 90.2. The molecule has 9 aliphatic rings. The number of nitrogens with one attached hydrogen (secondary N) is 4. The van der Waals surface area contributed by atoms with Crippen molar-refractivity contribution in [1.82, 2.24) is 89.6 Å². The van der Waals surface area contributed by atoms with Crippen molar-refractivity contribution in [3.05, 3.63) is 145 Å². The number of aromatic amines is 3. The highest BCUT2D eigenvalue weighted by Gasteiger charge is 2.42. The minimum absolute atomic E-state index is 0. The molecule has 21 heterocycles. The van der Waals surface area contributed by atoms with Gasteiger partial charge in [0.05, 0.1) is 62.1 Å². The normalized spacial score (nSPS) is 19.2. The van der Waals surface area contributed by atoms with Gasteiger partial charge in [0.15, 0.2) is 58.0 Å². The lowest BCUT2D eigenvalue weighted by molar-refractivity contribution is 0.105. The van der Waals surface area contributed by atoms with Gasteiger partial charge in [0.25, 0.3) is 10.1 Å². The Morgan fingerprint density at radius 3 is 1.07 bits per heavy atom. The SMILES string of the molecule is C.C.CN1CCC2(CCN(Cc3cnc4oc5c(N6CCOCC6)nc(-c6cccc7[nH]ccc67)nc5c4c3)CC2)C1.CN1CCC2(CCN(Cc3cnc4oc5c(N6CCOCC6)nc(-c6cccc7[nH]ccc67)nc5c4c3)CC2)C1.CN1CCC2(CCNCC2)C1.CS(=O)(=O)O.Cl.O=Cc1cnc2oc3c(N4CCOCC4)nc(-c4cccc5[nH]ccc45)nc3c2c1.[2HH]. The molecule has 129 heavy (non-hydrogen) atoms. The maximum absolute atomic E-state index is 11.3. The van der Waals surface area contributed by atoms with Crippen molar-refractivity contribution >= 4 is 146 Å². The van der Waals surface area contributed by atoms with Crippen LogP contribution in [-0.4, -0.2) is 288 Å². The molecule has 5 N–H and O–H groups in total. The fraction of sp³-hybridized carbons (Fsp3) is 0.458. The fourth-order valence-electron chi connectivity index (χ4n) is 20.6. The molecular weight excluding hydrogens is 1670 g/mol. The minimum atomic E-state index is -3.67. The molecule has 12 aromatic heterocycles. The molecule has 0 unspecified atom stereocenters. The third kappa shape index (κ3) is 19.2. The largest absolute Gasteiger partial charge is 0.432 e. The number of carbonyl (C=O) groups is 1. The second-order valence-electron chi connectivity index (χ2n) is 36.1. The highest BCUT2D eigenvalue weighted by atomic mass is 35.5. The summed E-state index contributed by atoms with van der Waals surface area (Å²) < 4.78 is 61.5. The van der Waals surface area contributed by atoms with Crippen LogP contribution in [0.1, 0.15) is 95.6 Å². The predicted molar refractivity (Wildman–Crippen MR) is 513 cm³/mol. The Morgan fingerprint density at radius 2 is 0.744 bits per heavy atom. The molecule has 24 rings (SSSR count). The summed E-state index contributed by atoms with van der Waals surface area (Å²) in [4.78, 5) is 84.5. The molecule has 0 amide bonds. The van der Waals surface area contributed by atoms with Crippen LogP contribution in [0.15, 0.2) is 141 Å². The van der Waals surface area contributed by atoms with Crippen LogP contribution < -0.4 is 20.0 Å². The summed E-state index contributed by atoms with van der Waals surface area (Å²) in [5, 5.41) is 9.31. The van der Waals surface area contributed by atoms with Crippen LogP contribution in [0.4, 0.5) is 17.5 Å². The van der Waals surface area contributed by atoms with Crippen molar-refractivity contribution in [3.63, 3.8) is 0 Å². The molecule has 9 saturated heterocycles. The molecule has 9 fully saturated rings. The lowest BCUT2D eigenvalue weighted by Crippen LogP contribution is -2.40. The zero-order valence-electron chi connectivity index (χ0n) is 72.5. The van der Waals surface area contributed by atoms with E-state index in [1.54, 1.807) is 6.07 Å². The van der Waals surface area contributed by atoms with Crippen LogP contribution >= 0.6 is 12.4 Å². The molecule has 33 heteroatoms. The zero-order chi connectivity index (χ0) is 85.7. The molecule has 15 aromatic rings. The fourth-order valence-corrected chi connectivity index (χ4v) is 20.6. The molecule has 3 aromatic carbocycles. The molecule has 3 spiro atoms. The highest BCUT2D eigenvalue weighted by Crippen LogP contribution is 2.46. The van der Waals surface area contributed by atoms with Crippen LogP contribution in [0.5, 0.6) is 0 Å². The summed E-state index contributed by atoms with van der Waals surface area (Å²) in [6.45, 7) is 24.9. The number of benzene rings is 3. The molecule has 0 aliphatic carbocycles. The van der Waals surface area contributed by atoms with Gasteiger partial charge in [-0.25, -0.2) is 44.9 Å². The molecule has 0 saturated carbocycles. The van der Waals surface area contributed by atoms with Crippen LogP contribution in [0.2, 0.25) is 0 Å². The smallest absolute Gasteiger partial charge is 0.261 e. The third-order valence-corrected chi connectivity index (χ3v) is 27.4. The number of carbonyl (C=O) groups excluding carboxylic acids is 1. The number of hydrogen-bond acceptors (Lipinski definition) is 27. The summed E-state index contributed by atoms with van der Waals surface area (Å²) in [6.07, 6.45) is 24.8. The van der Waals surface area contributed by atoms with Gasteiger partial charge in [-0.3, -0.25) is 19.1 Å². The number of piperidine rings is 3. The van der Waals surface area contributed by atoms with Gasteiger partial charge in [-0.05, 0) is 220 Å². The molecule has 0 bridgehead atoms. The van der Waals surface area contributed by atoms with Crippen LogP contribution in [0, 0.1) is 16.2 Å². The van der Waals surface area contributed by atoms with Gasteiger partial charge in [-0.2, -0.15) is 8.42 Å². The summed E-state index contributed by atoms with van der Waals surface area (Å²) >= 11 is 0. The number of ether oxygens (including phenoxy) is 3. The van der Waals surface area contributed by atoms with E-state index in [0.717, 1.165) is 160 Å². The molecule has 9 aliphatic heterocycles. The molecule has 0 atom stereocenters. The summed E-state index contributed by atoms with van der Waals surface area (Å²) in [7, 11) is 3.10. The monoisotopic (exact) mass is 1790 g/mol. The van der Waals surface area contributed by atoms with Crippen molar-refractivity contribution in [2.45, 2.75) is 85.7 Å². The number of morpholine rings is 3. The van der Waals surface area contributed by atoms with E-state index in [9.17, 15) is 13.2 Å². The Hall–Kier alpha value is -10.7. The number of pyridine rings is 3. The van der Waals surface area contributed by atoms with Gasteiger partial charge in [-0.1, -0.05) is 51.3 Å². The average Bonchev–Trinajstić information content (AvgIpc) is 1.62. The third-order valence-electron chi connectivity index (χ3n) is 27.4. The number of anilines is 3. The van der Waals surface area contributed by atoms with Gasteiger partial charge < -0.3 is 77.1 Å². The Labute approximate surface area is 758 Å². The Balaban J connectivity index is 0.000000130. The molecule has 682 valence electrons. The minimum Gasteiger partial charge on any atom is -0.432 e. The van der Waals surface area contributed by atoms with Gasteiger partial charge in [0.2, 0.25) is 17.1 Å². The standard InChI is InChI=1S/2C31H35N7O2.C22H17N5O3.C9H18N2.CH4O3S.2CH4.ClH.H2/c2*1-36-10-6-31(20-36)7-11-37(12-8-31)19-21-17-24-26-27(40-30(24)33-18-21)29(38-13-15-39-16-14-38)35-28(34-26)23-3-2-4-25-22(23)5-9-32-25;28-12-13-10-16-18-19(30-22(16)24-11-13)21(27-6-8-29-9-7-27)26-20(25-18)15-2-1-3-17-14(15)4-5-23-17;1-11-7-4-9(8-11)2-5-10-6-3-9;1-5(2,3)4;;;;/h2*2-5,9,17-18,32H,6-8,10-16,19-20H2,1H3;1-5,10-12,23H,6-9H2;10H,2-8H2,1H3;1H3,(H,2,3,4);2*1H4;2*1H/i;;;;;;;;1+1. The number of furan rings is 3. The van der Waals surface area contributed by atoms with Crippen molar-refractivity contribution in [3.8, 4) is 34.2 Å². The number of hydrogen-bond donors (Lipinski definition) is 5. The summed E-state index contributed by atoms with van der Waals surface area (Å²) in [5.74, 6) is 4.37. The second kappa shape index (κ2) is 38.4. The Bertz CT molecular complexity index is 6330. The first-order valence-corrected chi connectivity index (χ1v) is 46.3. The number of nitrogens with zero attached hydrogens (tertiary/aromatic N) is 17. The highest BCUT2D eigenvalue weighted by molar-refractivity contribution is 7.85. The number of rotatable bonds is 11. The van der Waals surface area contributed by atoms with E-state index in [0.29, 0.717) is 143 Å².